The van der Waals surface area contributed by atoms with Crippen LogP contribution in [-0.2, 0) is 6.42 Å². The van der Waals surface area contributed by atoms with E-state index in [9.17, 15) is 5.11 Å². The molecule has 2 rings (SSSR count). The van der Waals surface area contributed by atoms with Crippen molar-refractivity contribution in [1.82, 2.24) is 5.32 Å². The minimum Gasteiger partial charge on any atom is -0.396 e. The zero-order chi connectivity index (χ0) is 9.10. The summed E-state index contributed by atoms with van der Waals surface area (Å²) in [6, 6.07) is 8.40. The molecule has 0 aliphatic carbocycles. The van der Waals surface area contributed by atoms with Gasteiger partial charge in [0.15, 0.2) is 0 Å². The molecule has 1 aliphatic heterocycles. The molecule has 1 aliphatic rings. The Morgan fingerprint density at radius 2 is 2.23 bits per heavy atom. The summed E-state index contributed by atoms with van der Waals surface area (Å²) in [6.45, 7) is 2.16. The molecule has 2 N–H and O–H groups in total. The number of benzene rings is 1. The SMILES string of the molecule is OCC1CNCCc2ccccc21. The maximum Gasteiger partial charge on any atom is 0.0512 e. The van der Waals surface area contributed by atoms with Gasteiger partial charge in [-0.05, 0) is 24.1 Å². The molecule has 2 nitrogen and oxygen atoms in total. The van der Waals surface area contributed by atoms with E-state index in [0.29, 0.717) is 0 Å². The maximum atomic E-state index is 9.22. The second kappa shape index (κ2) is 3.90. The third-order valence-corrected chi connectivity index (χ3v) is 2.68. The molecule has 0 radical (unpaired) electrons. The van der Waals surface area contributed by atoms with Crippen molar-refractivity contribution in [2.75, 3.05) is 19.7 Å². The minimum absolute atomic E-state index is 0.240. The van der Waals surface area contributed by atoms with Crippen LogP contribution < -0.4 is 5.32 Å². The van der Waals surface area contributed by atoms with E-state index in [1.807, 2.05) is 6.07 Å². The van der Waals surface area contributed by atoms with E-state index in [1.54, 1.807) is 0 Å². The van der Waals surface area contributed by atoms with Gasteiger partial charge in [-0.3, -0.25) is 0 Å². The molecule has 13 heavy (non-hydrogen) atoms. The summed E-state index contributed by atoms with van der Waals surface area (Å²) in [4.78, 5) is 0. The van der Waals surface area contributed by atoms with E-state index < -0.39 is 0 Å². The Balaban J connectivity index is 2.35. The molecular formula is C11H15NO. The fourth-order valence-electron chi connectivity index (χ4n) is 1.93. The fraction of sp³-hybridized carbons (Fsp3) is 0.455. The number of nitrogens with one attached hydrogen (secondary N) is 1. The predicted molar refractivity (Wildman–Crippen MR) is 52.8 cm³/mol. The second-order valence-corrected chi connectivity index (χ2v) is 3.53. The number of fused-ring (bicyclic) bond motifs is 1. The van der Waals surface area contributed by atoms with Crippen LogP contribution in [0.1, 0.15) is 17.0 Å². The van der Waals surface area contributed by atoms with Crippen LogP contribution in [0.3, 0.4) is 0 Å². The molecule has 1 atom stereocenters. The molecule has 70 valence electrons. The average Bonchev–Trinajstić information content (AvgIpc) is 2.39. The van der Waals surface area contributed by atoms with Gasteiger partial charge in [-0.25, -0.2) is 0 Å². The summed E-state index contributed by atoms with van der Waals surface area (Å²) in [5.41, 5.74) is 2.70. The van der Waals surface area contributed by atoms with Gasteiger partial charge in [0.05, 0.1) is 6.61 Å². The van der Waals surface area contributed by atoms with E-state index in [1.165, 1.54) is 11.1 Å². The van der Waals surface area contributed by atoms with Gasteiger partial charge in [-0.2, -0.15) is 0 Å². The van der Waals surface area contributed by atoms with Gasteiger partial charge >= 0.3 is 0 Å². The predicted octanol–water partition coefficient (Wildman–Crippen LogP) is 0.908. The first-order valence-corrected chi connectivity index (χ1v) is 4.81. The highest BCUT2D eigenvalue weighted by Crippen LogP contribution is 2.21. The monoisotopic (exact) mass is 177 g/mol. The highest BCUT2D eigenvalue weighted by atomic mass is 16.3. The molecular weight excluding hydrogens is 162 g/mol. The fourth-order valence-corrected chi connectivity index (χ4v) is 1.93. The normalized spacial score (nSPS) is 22.1. The standard InChI is InChI=1S/C11H15NO/c13-8-10-7-12-6-5-9-3-1-2-4-11(9)10/h1-4,10,12-13H,5-8H2. The minimum atomic E-state index is 0.240. The van der Waals surface area contributed by atoms with Gasteiger partial charge < -0.3 is 10.4 Å². The Morgan fingerprint density at radius 1 is 1.38 bits per heavy atom. The first-order valence-electron chi connectivity index (χ1n) is 4.81. The largest absolute Gasteiger partial charge is 0.396 e. The van der Waals surface area contributed by atoms with Gasteiger partial charge in [0, 0.05) is 12.5 Å². The summed E-state index contributed by atoms with van der Waals surface area (Å²) in [5.74, 6) is 0.277. The summed E-state index contributed by atoms with van der Waals surface area (Å²) in [7, 11) is 0. The van der Waals surface area contributed by atoms with E-state index in [2.05, 4.69) is 23.5 Å². The third-order valence-electron chi connectivity index (χ3n) is 2.68. The van der Waals surface area contributed by atoms with Gasteiger partial charge in [-0.15, -0.1) is 0 Å². The van der Waals surface area contributed by atoms with Gasteiger partial charge in [0.1, 0.15) is 0 Å². The summed E-state index contributed by atoms with van der Waals surface area (Å²) in [5, 5.41) is 12.6. The lowest BCUT2D eigenvalue weighted by atomic mass is 9.95. The summed E-state index contributed by atoms with van der Waals surface area (Å²) >= 11 is 0. The highest BCUT2D eigenvalue weighted by Gasteiger charge is 2.16. The molecule has 0 fully saturated rings. The molecule has 0 aromatic heterocycles. The Hall–Kier alpha value is -0.860. The summed E-state index contributed by atoms with van der Waals surface area (Å²) in [6.07, 6.45) is 1.08. The van der Waals surface area contributed by atoms with Crippen molar-refractivity contribution < 1.29 is 5.11 Å². The number of rotatable bonds is 1. The first kappa shape index (κ1) is 8.73. The van der Waals surface area contributed by atoms with Crippen LogP contribution in [0.4, 0.5) is 0 Å². The Labute approximate surface area is 78.6 Å². The Morgan fingerprint density at radius 3 is 3.08 bits per heavy atom. The molecule has 1 aromatic carbocycles. The van der Waals surface area contributed by atoms with Crippen molar-refractivity contribution in [3.8, 4) is 0 Å². The quantitative estimate of drug-likeness (QED) is 0.668. The Kier molecular flexibility index (Phi) is 2.62. The van der Waals surface area contributed by atoms with Crippen molar-refractivity contribution in [2.24, 2.45) is 0 Å². The molecule has 0 saturated heterocycles. The van der Waals surface area contributed by atoms with Gasteiger partial charge in [0.25, 0.3) is 0 Å². The van der Waals surface area contributed by atoms with Crippen molar-refractivity contribution in [3.05, 3.63) is 35.4 Å². The smallest absolute Gasteiger partial charge is 0.0512 e. The van der Waals surface area contributed by atoms with Crippen LogP contribution in [0, 0.1) is 0 Å². The average molecular weight is 177 g/mol. The van der Waals surface area contributed by atoms with Gasteiger partial charge in [-0.1, -0.05) is 24.3 Å². The molecule has 1 aromatic rings. The molecule has 1 unspecified atom stereocenters. The topological polar surface area (TPSA) is 32.3 Å². The van der Waals surface area contributed by atoms with Crippen molar-refractivity contribution >= 4 is 0 Å². The lowest BCUT2D eigenvalue weighted by Crippen LogP contribution is -2.22. The molecule has 0 saturated carbocycles. The number of hydrogen-bond acceptors (Lipinski definition) is 2. The van der Waals surface area contributed by atoms with Crippen LogP contribution in [0.2, 0.25) is 0 Å². The van der Waals surface area contributed by atoms with E-state index >= 15 is 0 Å². The number of aliphatic hydroxyl groups is 1. The van der Waals surface area contributed by atoms with Crippen molar-refractivity contribution in [1.29, 1.82) is 0 Å². The number of aliphatic hydroxyl groups excluding tert-OH is 1. The van der Waals surface area contributed by atoms with E-state index in [0.717, 1.165) is 19.5 Å². The first-order chi connectivity index (χ1) is 6.42. The highest BCUT2D eigenvalue weighted by molar-refractivity contribution is 5.32. The summed E-state index contributed by atoms with van der Waals surface area (Å²) < 4.78 is 0. The van der Waals surface area contributed by atoms with Crippen LogP contribution in [-0.4, -0.2) is 24.8 Å². The van der Waals surface area contributed by atoms with Crippen LogP contribution in [0.25, 0.3) is 0 Å². The lowest BCUT2D eigenvalue weighted by molar-refractivity contribution is 0.263. The lowest BCUT2D eigenvalue weighted by Gasteiger charge is -2.13. The molecule has 2 heteroatoms. The molecule has 0 spiro atoms. The van der Waals surface area contributed by atoms with Crippen LogP contribution >= 0.6 is 0 Å². The van der Waals surface area contributed by atoms with Crippen LogP contribution in [0.5, 0.6) is 0 Å². The maximum absolute atomic E-state index is 9.22. The zero-order valence-electron chi connectivity index (χ0n) is 7.66. The van der Waals surface area contributed by atoms with E-state index in [-0.39, 0.29) is 12.5 Å². The van der Waals surface area contributed by atoms with Crippen molar-refractivity contribution in [2.45, 2.75) is 12.3 Å². The molecule has 1 heterocycles. The number of hydrogen-bond donors (Lipinski definition) is 2. The molecule has 0 bridgehead atoms. The Bertz CT molecular complexity index is 285. The molecule has 0 amide bonds. The van der Waals surface area contributed by atoms with E-state index in [4.69, 9.17) is 0 Å². The van der Waals surface area contributed by atoms with Gasteiger partial charge in [0.2, 0.25) is 0 Å². The zero-order valence-corrected chi connectivity index (χ0v) is 7.66. The van der Waals surface area contributed by atoms with Crippen molar-refractivity contribution in [3.63, 3.8) is 0 Å². The third kappa shape index (κ3) is 1.74. The second-order valence-electron chi connectivity index (χ2n) is 3.53. The van der Waals surface area contributed by atoms with Crippen LogP contribution in [0.15, 0.2) is 24.3 Å².